The maximum Gasteiger partial charge on any atom is 0.408 e. The topological polar surface area (TPSA) is 106 Å². The molecule has 2 N–H and O–H groups in total. The van der Waals surface area contributed by atoms with Crippen LogP contribution < -0.4 is 10.7 Å². The predicted octanol–water partition coefficient (Wildman–Crippen LogP) is 2.44. The van der Waals surface area contributed by atoms with Crippen molar-refractivity contribution in [3.8, 4) is 0 Å². The molecule has 0 aliphatic carbocycles. The van der Waals surface area contributed by atoms with Gasteiger partial charge in [0.1, 0.15) is 19.2 Å². The number of alkyl carbamates (subject to hydrolysis) is 1. The highest BCUT2D eigenvalue weighted by atomic mass is 16.5. The number of amides is 1. The van der Waals surface area contributed by atoms with Crippen LogP contribution in [0.25, 0.3) is 0 Å². The van der Waals surface area contributed by atoms with Gasteiger partial charge in [-0.2, -0.15) is 0 Å². The molecule has 1 aromatic carbocycles. The number of benzene rings is 1. The zero-order chi connectivity index (χ0) is 24.2. The second-order valence-corrected chi connectivity index (χ2v) is 8.39. The van der Waals surface area contributed by atoms with Gasteiger partial charge >= 0.3 is 12.1 Å². The van der Waals surface area contributed by atoms with Gasteiger partial charge < -0.3 is 19.5 Å². The first-order valence-electron chi connectivity index (χ1n) is 11.6. The van der Waals surface area contributed by atoms with Crippen molar-refractivity contribution in [2.24, 2.45) is 5.92 Å². The van der Waals surface area contributed by atoms with Crippen LogP contribution in [0, 0.1) is 5.92 Å². The Kier molecular flexibility index (Phi) is 11.3. The molecule has 0 saturated carbocycles. The molecule has 9 nitrogen and oxygen atoms in total. The molecule has 9 heteroatoms. The molecule has 1 aliphatic rings. The maximum absolute atomic E-state index is 13.6. The molecule has 1 heterocycles. The molecular weight excluding hydrogens is 426 g/mol. The van der Waals surface area contributed by atoms with E-state index in [0.717, 1.165) is 5.56 Å². The third-order valence-corrected chi connectivity index (χ3v) is 5.33. The van der Waals surface area contributed by atoms with Crippen molar-refractivity contribution in [3.05, 3.63) is 35.9 Å². The SMILES string of the molecule is CCOC(=O)CNN1CCOC(CC)C1C(=O)[C@H](CC(C)C)NC(=O)OCc1ccccc1. The molecule has 0 aromatic heterocycles. The van der Waals surface area contributed by atoms with E-state index in [9.17, 15) is 14.4 Å². The van der Waals surface area contributed by atoms with Crippen molar-refractivity contribution in [2.75, 3.05) is 26.3 Å². The Morgan fingerprint density at radius 3 is 2.52 bits per heavy atom. The minimum Gasteiger partial charge on any atom is -0.465 e. The fraction of sp³-hybridized carbons (Fsp3) is 0.625. The first kappa shape index (κ1) is 26.8. The molecule has 0 radical (unpaired) electrons. The summed E-state index contributed by atoms with van der Waals surface area (Å²) in [5, 5.41) is 4.49. The zero-order valence-electron chi connectivity index (χ0n) is 20.0. The zero-order valence-corrected chi connectivity index (χ0v) is 20.0. The lowest BCUT2D eigenvalue weighted by molar-refractivity contribution is -0.152. The van der Waals surface area contributed by atoms with Crippen LogP contribution in [-0.4, -0.2) is 67.3 Å². The lowest BCUT2D eigenvalue weighted by Crippen LogP contribution is -2.64. The molecule has 33 heavy (non-hydrogen) atoms. The molecule has 2 rings (SSSR count). The van der Waals surface area contributed by atoms with Crippen molar-refractivity contribution in [1.29, 1.82) is 0 Å². The number of carbonyl (C=O) groups excluding carboxylic acids is 3. The number of hydrogen-bond acceptors (Lipinski definition) is 8. The molecule has 1 fully saturated rings. The normalized spacial score (nSPS) is 19.7. The smallest absolute Gasteiger partial charge is 0.408 e. The number of ketones is 1. The fourth-order valence-corrected chi connectivity index (χ4v) is 3.80. The van der Waals surface area contributed by atoms with Crippen LogP contribution in [0.1, 0.15) is 46.1 Å². The highest BCUT2D eigenvalue weighted by Crippen LogP contribution is 2.20. The van der Waals surface area contributed by atoms with Gasteiger partial charge in [0.05, 0.1) is 25.4 Å². The predicted molar refractivity (Wildman–Crippen MR) is 123 cm³/mol. The highest BCUT2D eigenvalue weighted by Gasteiger charge is 2.41. The summed E-state index contributed by atoms with van der Waals surface area (Å²) in [6, 6.07) is 7.95. The summed E-state index contributed by atoms with van der Waals surface area (Å²) in [7, 11) is 0. The molecule has 1 aromatic rings. The summed E-state index contributed by atoms with van der Waals surface area (Å²) < 4.78 is 16.2. The van der Waals surface area contributed by atoms with Gasteiger partial charge in [-0.05, 0) is 31.2 Å². The van der Waals surface area contributed by atoms with Crippen molar-refractivity contribution < 1.29 is 28.6 Å². The van der Waals surface area contributed by atoms with Gasteiger partial charge in [-0.25, -0.2) is 15.2 Å². The number of carbonyl (C=O) groups is 3. The summed E-state index contributed by atoms with van der Waals surface area (Å²) >= 11 is 0. The number of esters is 1. The van der Waals surface area contributed by atoms with E-state index in [1.165, 1.54) is 0 Å². The van der Waals surface area contributed by atoms with Gasteiger partial charge in [0.25, 0.3) is 0 Å². The molecule has 1 amide bonds. The first-order chi connectivity index (χ1) is 15.8. The maximum atomic E-state index is 13.6. The number of Topliss-reactive ketones (excluding diaryl/α,β-unsaturated/α-hetero) is 1. The summed E-state index contributed by atoms with van der Waals surface area (Å²) in [6.45, 7) is 8.88. The van der Waals surface area contributed by atoms with E-state index in [1.54, 1.807) is 11.9 Å². The molecule has 3 atom stereocenters. The minimum absolute atomic E-state index is 0.0462. The van der Waals surface area contributed by atoms with Crippen LogP contribution in [0.15, 0.2) is 30.3 Å². The van der Waals surface area contributed by atoms with Crippen LogP contribution in [0.2, 0.25) is 0 Å². The van der Waals surface area contributed by atoms with Crippen molar-refractivity contribution in [2.45, 2.75) is 65.3 Å². The Hall–Kier alpha value is -2.49. The third kappa shape index (κ3) is 8.75. The van der Waals surface area contributed by atoms with Crippen LogP contribution in [0.3, 0.4) is 0 Å². The fourth-order valence-electron chi connectivity index (χ4n) is 3.80. The van der Waals surface area contributed by atoms with E-state index < -0.39 is 24.1 Å². The standard InChI is InChI=1S/C24H37N3O6/c1-5-20-22(27(12-13-32-20)25-15-21(28)31-6-2)23(29)19(14-17(3)4)26-24(30)33-16-18-10-8-7-9-11-18/h7-11,17,19-20,22,25H,5-6,12-16H2,1-4H3,(H,26,30)/t19-,20?,22?/m0/s1. The number of morpholine rings is 1. The van der Waals surface area contributed by atoms with E-state index >= 15 is 0 Å². The van der Waals surface area contributed by atoms with Gasteiger partial charge in [0.15, 0.2) is 5.78 Å². The van der Waals surface area contributed by atoms with E-state index in [2.05, 4.69) is 10.7 Å². The Morgan fingerprint density at radius 2 is 1.88 bits per heavy atom. The van der Waals surface area contributed by atoms with Gasteiger partial charge in [-0.15, -0.1) is 0 Å². The van der Waals surface area contributed by atoms with Crippen molar-refractivity contribution in [3.63, 3.8) is 0 Å². The second kappa shape index (κ2) is 13.9. The van der Waals surface area contributed by atoms with E-state index in [1.807, 2.05) is 51.1 Å². The number of hydrazine groups is 1. The van der Waals surface area contributed by atoms with Crippen molar-refractivity contribution in [1.82, 2.24) is 15.8 Å². The Bertz CT molecular complexity index is 758. The average Bonchev–Trinajstić information content (AvgIpc) is 2.80. The summed E-state index contributed by atoms with van der Waals surface area (Å²) in [6.07, 6.45) is 0.0603. The largest absolute Gasteiger partial charge is 0.465 e. The van der Waals surface area contributed by atoms with Crippen LogP contribution in [0.5, 0.6) is 0 Å². The molecule has 0 bridgehead atoms. The lowest BCUT2D eigenvalue weighted by atomic mass is 9.91. The minimum atomic E-state index is -0.749. The van der Waals surface area contributed by atoms with Gasteiger partial charge in [-0.1, -0.05) is 51.1 Å². The number of ether oxygens (including phenoxy) is 3. The molecule has 184 valence electrons. The molecule has 0 spiro atoms. The van der Waals surface area contributed by atoms with E-state index in [-0.39, 0.29) is 37.6 Å². The summed E-state index contributed by atoms with van der Waals surface area (Å²) in [4.78, 5) is 38.0. The van der Waals surface area contributed by atoms with Crippen LogP contribution in [-0.2, 0) is 30.4 Å². The monoisotopic (exact) mass is 463 g/mol. The Labute approximate surface area is 196 Å². The molecule has 1 aliphatic heterocycles. The number of hydrogen-bond donors (Lipinski definition) is 2. The van der Waals surface area contributed by atoms with Crippen LogP contribution in [0.4, 0.5) is 4.79 Å². The van der Waals surface area contributed by atoms with Crippen LogP contribution >= 0.6 is 0 Å². The van der Waals surface area contributed by atoms with E-state index in [4.69, 9.17) is 14.2 Å². The van der Waals surface area contributed by atoms with Gasteiger partial charge in [-0.3, -0.25) is 9.59 Å². The van der Waals surface area contributed by atoms with Gasteiger partial charge in [0.2, 0.25) is 0 Å². The highest BCUT2D eigenvalue weighted by molar-refractivity contribution is 5.92. The van der Waals surface area contributed by atoms with E-state index in [0.29, 0.717) is 26.0 Å². The third-order valence-electron chi connectivity index (χ3n) is 5.33. The summed E-state index contributed by atoms with van der Waals surface area (Å²) in [5.74, 6) is -0.410. The first-order valence-corrected chi connectivity index (χ1v) is 11.6. The summed E-state index contributed by atoms with van der Waals surface area (Å²) in [5.41, 5.74) is 3.89. The molecule has 2 unspecified atom stereocenters. The quantitative estimate of drug-likeness (QED) is 0.456. The number of nitrogens with zero attached hydrogens (tertiary/aromatic N) is 1. The second-order valence-electron chi connectivity index (χ2n) is 8.39. The van der Waals surface area contributed by atoms with Crippen molar-refractivity contribution >= 4 is 17.8 Å². The molecular formula is C24H37N3O6. The number of rotatable bonds is 12. The molecule has 1 saturated heterocycles. The number of nitrogens with one attached hydrogen (secondary N) is 2. The Balaban J connectivity index is 2.09. The van der Waals surface area contributed by atoms with Gasteiger partial charge in [0, 0.05) is 6.54 Å². The Morgan fingerprint density at radius 1 is 1.15 bits per heavy atom. The average molecular weight is 464 g/mol. The lowest BCUT2D eigenvalue weighted by Gasteiger charge is -2.41.